The summed E-state index contributed by atoms with van der Waals surface area (Å²) in [7, 11) is 0. The van der Waals surface area contributed by atoms with Gasteiger partial charge in [0.15, 0.2) is 0 Å². The largest absolute Gasteiger partial charge is 0.508 e. The number of phenols is 2. The Labute approximate surface area is 139 Å². The Bertz CT molecular complexity index is 828. The van der Waals surface area contributed by atoms with Crippen molar-refractivity contribution < 1.29 is 10.2 Å². The number of phenolic OH excluding ortho intramolecular Hbond substituents is 2. The molecule has 0 unspecified atom stereocenters. The van der Waals surface area contributed by atoms with Crippen LogP contribution in [0.2, 0.25) is 0 Å². The molecule has 110 valence electrons. The van der Waals surface area contributed by atoms with Crippen LogP contribution in [0.4, 0.5) is 5.13 Å². The molecule has 22 heavy (non-hydrogen) atoms. The summed E-state index contributed by atoms with van der Waals surface area (Å²) in [5.41, 5.74) is 2.34. The van der Waals surface area contributed by atoms with Gasteiger partial charge in [-0.3, -0.25) is 0 Å². The average Bonchev–Trinajstić information content (AvgIpc) is 2.98. The van der Waals surface area contributed by atoms with Crippen LogP contribution in [0.15, 0.2) is 57.3 Å². The first-order chi connectivity index (χ1) is 10.6. The molecule has 0 fully saturated rings. The maximum Gasteiger partial charge on any atom is 0.209 e. The van der Waals surface area contributed by atoms with Crippen molar-refractivity contribution in [3.63, 3.8) is 0 Å². The summed E-state index contributed by atoms with van der Waals surface area (Å²) in [6.07, 6.45) is 1.58. The summed E-state index contributed by atoms with van der Waals surface area (Å²) < 4.78 is 0.871. The number of benzene rings is 2. The normalized spacial score (nSPS) is 11.1. The fourth-order valence-corrected chi connectivity index (χ4v) is 2.89. The summed E-state index contributed by atoms with van der Waals surface area (Å²) >= 11 is 4.77. The quantitative estimate of drug-likeness (QED) is 0.651. The second-order valence-corrected chi connectivity index (χ2v) is 6.28. The van der Waals surface area contributed by atoms with Crippen LogP contribution in [0.25, 0.3) is 11.3 Å². The third kappa shape index (κ3) is 3.35. The second kappa shape index (κ2) is 6.29. The molecule has 6 heteroatoms. The number of aromatic nitrogens is 1. The van der Waals surface area contributed by atoms with E-state index in [4.69, 9.17) is 0 Å². The van der Waals surface area contributed by atoms with E-state index in [1.807, 2.05) is 5.38 Å². The van der Waals surface area contributed by atoms with Gasteiger partial charge in [0.1, 0.15) is 11.5 Å². The lowest BCUT2D eigenvalue weighted by atomic mass is 10.2. The van der Waals surface area contributed by atoms with Crippen LogP contribution >= 0.6 is 27.3 Å². The number of nitrogens with zero attached hydrogens (tertiary/aromatic N) is 2. The SMILES string of the molecule is Oc1ccc(-c2csc(/N=C/c3cc(Br)ccc3O)n2)cc1. The zero-order chi connectivity index (χ0) is 15.5. The van der Waals surface area contributed by atoms with Crippen molar-refractivity contribution in [2.24, 2.45) is 4.99 Å². The Morgan fingerprint density at radius 3 is 2.64 bits per heavy atom. The third-order valence-electron chi connectivity index (χ3n) is 2.96. The van der Waals surface area contributed by atoms with Gasteiger partial charge in [0.2, 0.25) is 5.13 Å². The fourth-order valence-electron chi connectivity index (χ4n) is 1.84. The molecule has 4 nitrogen and oxygen atoms in total. The molecule has 0 saturated heterocycles. The zero-order valence-electron chi connectivity index (χ0n) is 11.3. The Hall–Kier alpha value is -2.18. The van der Waals surface area contributed by atoms with Gasteiger partial charge in [-0.05, 0) is 42.5 Å². The molecule has 0 saturated carbocycles. The van der Waals surface area contributed by atoms with Crippen LogP contribution in [0, 0.1) is 0 Å². The minimum atomic E-state index is 0.169. The number of hydrogen-bond acceptors (Lipinski definition) is 5. The summed E-state index contributed by atoms with van der Waals surface area (Å²) in [5, 5.41) is 21.6. The van der Waals surface area contributed by atoms with Crippen LogP contribution < -0.4 is 0 Å². The van der Waals surface area contributed by atoms with Gasteiger partial charge in [0.05, 0.1) is 5.69 Å². The highest BCUT2D eigenvalue weighted by atomic mass is 79.9. The van der Waals surface area contributed by atoms with Crippen LogP contribution in [0.1, 0.15) is 5.56 Å². The standard InChI is InChI=1S/C16H11BrN2O2S/c17-12-3-6-15(21)11(7-12)8-18-16-19-14(9-22-16)10-1-4-13(20)5-2-10/h1-9,20-21H/b18-8+. The third-order valence-corrected chi connectivity index (χ3v) is 4.20. The lowest BCUT2D eigenvalue weighted by Gasteiger charge is -1.98. The number of halogens is 1. The molecule has 0 aliphatic carbocycles. The van der Waals surface area contributed by atoms with E-state index in [0.29, 0.717) is 10.7 Å². The summed E-state index contributed by atoms with van der Waals surface area (Å²) in [5.74, 6) is 0.393. The lowest BCUT2D eigenvalue weighted by molar-refractivity contribution is 0.474. The van der Waals surface area contributed by atoms with Crippen molar-refractivity contribution in [1.29, 1.82) is 0 Å². The molecule has 0 radical (unpaired) electrons. The van der Waals surface area contributed by atoms with Gasteiger partial charge in [0, 0.05) is 27.2 Å². The Kier molecular flexibility index (Phi) is 4.22. The molecule has 0 spiro atoms. The highest BCUT2D eigenvalue weighted by molar-refractivity contribution is 9.10. The Morgan fingerprint density at radius 1 is 1.09 bits per heavy atom. The predicted molar refractivity (Wildman–Crippen MR) is 92.3 cm³/mol. The minimum absolute atomic E-state index is 0.169. The van der Waals surface area contributed by atoms with Crippen LogP contribution in [0.5, 0.6) is 11.5 Å². The number of hydrogen-bond donors (Lipinski definition) is 2. The smallest absolute Gasteiger partial charge is 0.209 e. The molecule has 3 rings (SSSR count). The van der Waals surface area contributed by atoms with Crippen molar-refractivity contribution in [1.82, 2.24) is 4.98 Å². The van der Waals surface area contributed by atoms with Crippen molar-refractivity contribution in [2.45, 2.75) is 0 Å². The van der Waals surface area contributed by atoms with E-state index in [9.17, 15) is 10.2 Å². The van der Waals surface area contributed by atoms with Gasteiger partial charge in [-0.25, -0.2) is 9.98 Å². The first-order valence-corrected chi connectivity index (χ1v) is 8.06. The van der Waals surface area contributed by atoms with Crippen molar-refractivity contribution in [3.8, 4) is 22.8 Å². The molecule has 0 aliphatic rings. The molecule has 1 aromatic heterocycles. The van der Waals surface area contributed by atoms with E-state index in [-0.39, 0.29) is 11.5 Å². The molecule has 0 aliphatic heterocycles. The summed E-state index contributed by atoms with van der Waals surface area (Å²) in [6, 6.07) is 12.0. The van der Waals surface area contributed by atoms with E-state index in [1.165, 1.54) is 11.3 Å². The molecule has 0 amide bonds. The van der Waals surface area contributed by atoms with E-state index in [0.717, 1.165) is 15.7 Å². The number of rotatable bonds is 3. The van der Waals surface area contributed by atoms with Crippen molar-refractivity contribution in [2.75, 3.05) is 0 Å². The first kappa shape index (κ1) is 14.7. The molecule has 0 bridgehead atoms. The molecular formula is C16H11BrN2O2S. The molecule has 2 aromatic carbocycles. The zero-order valence-corrected chi connectivity index (χ0v) is 13.7. The van der Waals surface area contributed by atoms with E-state index < -0.39 is 0 Å². The predicted octanol–water partition coefficient (Wildman–Crippen LogP) is 4.73. The minimum Gasteiger partial charge on any atom is -0.508 e. The average molecular weight is 375 g/mol. The number of aliphatic imine (C=N–C) groups is 1. The van der Waals surface area contributed by atoms with Crippen molar-refractivity contribution >= 4 is 38.6 Å². The maximum absolute atomic E-state index is 9.77. The maximum atomic E-state index is 9.77. The fraction of sp³-hybridized carbons (Fsp3) is 0. The lowest BCUT2D eigenvalue weighted by Crippen LogP contribution is -1.82. The highest BCUT2D eigenvalue weighted by Crippen LogP contribution is 2.28. The van der Waals surface area contributed by atoms with Crippen LogP contribution in [-0.2, 0) is 0 Å². The number of thiazole rings is 1. The second-order valence-electron chi connectivity index (χ2n) is 4.52. The topological polar surface area (TPSA) is 65.7 Å². The van der Waals surface area contributed by atoms with Gasteiger partial charge in [-0.15, -0.1) is 11.3 Å². The van der Waals surface area contributed by atoms with E-state index in [1.54, 1.807) is 48.7 Å². The van der Waals surface area contributed by atoms with E-state index in [2.05, 4.69) is 25.9 Å². The molecule has 3 aromatic rings. The first-order valence-electron chi connectivity index (χ1n) is 6.39. The molecular weight excluding hydrogens is 364 g/mol. The Balaban J connectivity index is 1.83. The highest BCUT2D eigenvalue weighted by Gasteiger charge is 2.04. The molecule has 1 heterocycles. The van der Waals surface area contributed by atoms with Crippen molar-refractivity contribution in [3.05, 3.63) is 57.9 Å². The molecule has 0 atom stereocenters. The van der Waals surface area contributed by atoms with Crippen LogP contribution in [-0.4, -0.2) is 21.4 Å². The van der Waals surface area contributed by atoms with Crippen LogP contribution in [0.3, 0.4) is 0 Å². The van der Waals surface area contributed by atoms with Gasteiger partial charge < -0.3 is 10.2 Å². The van der Waals surface area contributed by atoms with Gasteiger partial charge >= 0.3 is 0 Å². The monoisotopic (exact) mass is 374 g/mol. The Morgan fingerprint density at radius 2 is 1.86 bits per heavy atom. The van der Waals surface area contributed by atoms with E-state index >= 15 is 0 Å². The van der Waals surface area contributed by atoms with Gasteiger partial charge in [-0.1, -0.05) is 15.9 Å². The summed E-state index contributed by atoms with van der Waals surface area (Å²) in [6.45, 7) is 0. The summed E-state index contributed by atoms with van der Waals surface area (Å²) in [4.78, 5) is 8.72. The van der Waals surface area contributed by atoms with Gasteiger partial charge in [0.25, 0.3) is 0 Å². The molecule has 2 N–H and O–H groups in total. The van der Waals surface area contributed by atoms with Gasteiger partial charge in [-0.2, -0.15) is 0 Å². The number of aromatic hydroxyl groups is 2.